The van der Waals surface area contributed by atoms with Crippen molar-refractivity contribution in [1.82, 2.24) is 0 Å². The largest absolute Gasteiger partial charge is 0.397 e. The van der Waals surface area contributed by atoms with E-state index in [2.05, 4.69) is 29.6 Å². The zero-order valence-electron chi connectivity index (χ0n) is 11.9. The molecule has 0 spiro atoms. The van der Waals surface area contributed by atoms with Gasteiger partial charge in [-0.3, -0.25) is 0 Å². The van der Waals surface area contributed by atoms with E-state index in [0.29, 0.717) is 17.9 Å². The van der Waals surface area contributed by atoms with Crippen molar-refractivity contribution < 1.29 is 0 Å². The Morgan fingerprint density at radius 2 is 1.86 bits per heavy atom. The molecule has 0 aromatic heterocycles. The van der Waals surface area contributed by atoms with E-state index in [1.54, 1.807) is 0 Å². The minimum atomic E-state index is 0.340. The van der Waals surface area contributed by atoms with Gasteiger partial charge in [0.1, 0.15) is 0 Å². The van der Waals surface area contributed by atoms with E-state index in [0.717, 1.165) is 16.4 Å². The SMILES string of the molecule is Nc1cccc2c1N[C@H](c1ccc(Cl)cc1)[C@@H]1CCC[C@@H]21. The molecule has 1 fully saturated rings. The van der Waals surface area contributed by atoms with Gasteiger partial charge in [0.05, 0.1) is 17.4 Å². The average Bonchev–Trinajstić information content (AvgIpc) is 2.98. The molecule has 4 rings (SSSR count). The van der Waals surface area contributed by atoms with Crippen molar-refractivity contribution in [2.24, 2.45) is 5.92 Å². The van der Waals surface area contributed by atoms with Gasteiger partial charge >= 0.3 is 0 Å². The van der Waals surface area contributed by atoms with E-state index in [1.807, 2.05) is 18.2 Å². The van der Waals surface area contributed by atoms with Gasteiger partial charge in [-0.05, 0) is 54.0 Å². The molecule has 1 aliphatic heterocycles. The highest BCUT2D eigenvalue weighted by atomic mass is 35.5. The summed E-state index contributed by atoms with van der Waals surface area (Å²) in [5.74, 6) is 1.28. The smallest absolute Gasteiger partial charge is 0.0614 e. The monoisotopic (exact) mass is 298 g/mol. The number of nitrogen functional groups attached to an aromatic ring is 1. The van der Waals surface area contributed by atoms with Crippen LogP contribution in [-0.4, -0.2) is 0 Å². The Kier molecular flexibility index (Phi) is 3.07. The van der Waals surface area contributed by atoms with Gasteiger partial charge in [0.15, 0.2) is 0 Å². The second kappa shape index (κ2) is 4.96. The van der Waals surface area contributed by atoms with Gasteiger partial charge < -0.3 is 11.1 Å². The number of nitrogens with one attached hydrogen (secondary N) is 1. The molecule has 3 atom stereocenters. The lowest BCUT2D eigenvalue weighted by Gasteiger charge is -2.38. The standard InChI is InChI=1S/C18H19ClN2/c19-12-9-7-11(8-10-12)17-14-4-1-3-13(14)15-5-2-6-16(20)18(15)21-17/h2,5-10,13-14,17,21H,1,3-4,20H2/t13-,14-,17-/m1/s1. The highest BCUT2D eigenvalue weighted by Crippen LogP contribution is 2.53. The van der Waals surface area contributed by atoms with Crippen LogP contribution in [0.3, 0.4) is 0 Å². The fourth-order valence-corrected chi connectivity index (χ4v) is 4.23. The van der Waals surface area contributed by atoms with Crippen LogP contribution in [0.4, 0.5) is 11.4 Å². The summed E-state index contributed by atoms with van der Waals surface area (Å²) in [4.78, 5) is 0. The van der Waals surface area contributed by atoms with Crippen LogP contribution in [0.15, 0.2) is 42.5 Å². The molecule has 0 radical (unpaired) electrons. The maximum absolute atomic E-state index is 6.20. The van der Waals surface area contributed by atoms with Gasteiger partial charge in [0, 0.05) is 5.02 Å². The van der Waals surface area contributed by atoms with Crippen molar-refractivity contribution in [3.05, 3.63) is 58.6 Å². The molecule has 2 aliphatic rings. The number of hydrogen-bond acceptors (Lipinski definition) is 2. The van der Waals surface area contributed by atoms with Gasteiger partial charge in [0.2, 0.25) is 0 Å². The quantitative estimate of drug-likeness (QED) is 0.729. The molecule has 0 amide bonds. The maximum Gasteiger partial charge on any atom is 0.0614 e. The van der Waals surface area contributed by atoms with E-state index >= 15 is 0 Å². The third-order valence-electron chi connectivity index (χ3n) is 5.05. The van der Waals surface area contributed by atoms with Gasteiger partial charge in [-0.1, -0.05) is 42.3 Å². The summed E-state index contributed by atoms with van der Waals surface area (Å²) < 4.78 is 0. The molecule has 108 valence electrons. The normalized spacial score (nSPS) is 26.8. The summed E-state index contributed by atoms with van der Waals surface area (Å²) in [6, 6.07) is 14.9. The second-order valence-electron chi connectivity index (χ2n) is 6.19. The summed E-state index contributed by atoms with van der Waals surface area (Å²) in [5.41, 5.74) is 10.9. The van der Waals surface area contributed by atoms with E-state index < -0.39 is 0 Å². The maximum atomic E-state index is 6.20. The van der Waals surface area contributed by atoms with Crippen molar-refractivity contribution in [2.75, 3.05) is 11.1 Å². The molecule has 2 aromatic rings. The van der Waals surface area contributed by atoms with E-state index in [9.17, 15) is 0 Å². The first-order valence-electron chi connectivity index (χ1n) is 7.64. The predicted molar refractivity (Wildman–Crippen MR) is 88.8 cm³/mol. The lowest BCUT2D eigenvalue weighted by atomic mass is 9.77. The molecule has 21 heavy (non-hydrogen) atoms. The fourth-order valence-electron chi connectivity index (χ4n) is 4.10. The first-order valence-corrected chi connectivity index (χ1v) is 8.02. The van der Waals surface area contributed by atoms with Crippen LogP contribution in [0.2, 0.25) is 5.02 Å². The second-order valence-corrected chi connectivity index (χ2v) is 6.62. The average molecular weight is 299 g/mol. The Morgan fingerprint density at radius 3 is 2.67 bits per heavy atom. The molecule has 1 aliphatic carbocycles. The van der Waals surface area contributed by atoms with Crippen molar-refractivity contribution in [3.8, 4) is 0 Å². The highest BCUT2D eigenvalue weighted by molar-refractivity contribution is 6.30. The minimum absolute atomic E-state index is 0.340. The number of hydrogen-bond donors (Lipinski definition) is 2. The Bertz CT molecular complexity index is 665. The van der Waals surface area contributed by atoms with Gasteiger partial charge in [-0.15, -0.1) is 0 Å². The molecule has 1 heterocycles. The number of halogens is 1. The van der Waals surface area contributed by atoms with Crippen LogP contribution < -0.4 is 11.1 Å². The Labute approximate surface area is 130 Å². The Morgan fingerprint density at radius 1 is 1.05 bits per heavy atom. The van der Waals surface area contributed by atoms with Gasteiger partial charge in [-0.2, -0.15) is 0 Å². The third-order valence-corrected chi connectivity index (χ3v) is 5.31. The molecular weight excluding hydrogens is 280 g/mol. The number of anilines is 2. The summed E-state index contributed by atoms with van der Waals surface area (Å²) in [6.45, 7) is 0. The lowest BCUT2D eigenvalue weighted by Crippen LogP contribution is -2.29. The summed E-state index contributed by atoms with van der Waals surface area (Å²) in [7, 11) is 0. The van der Waals surface area contributed by atoms with Gasteiger partial charge in [-0.25, -0.2) is 0 Å². The number of rotatable bonds is 1. The Balaban J connectivity index is 1.79. The van der Waals surface area contributed by atoms with Crippen LogP contribution in [0, 0.1) is 5.92 Å². The van der Waals surface area contributed by atoms with E-state index in [1.165, 1.54) is 30.4 Å². The van der Waals surface area contributed by atoms with Crippen LogP contribution in [0.1, 0.15) is 42.3 Å². The van der Waals surface area contributed by atoms with Crippen molar-refractivity contribution in [1.29, 1.82) is 0 Å². The molecule has 3 heteroatoms. The van der Waals surface area contributed by atoms with Crippen molar-refractivity contribution >= 4 is 23.0 Å². The van der Waals surface area contributed by atoms with Crippen LogP contribution in [0.25, 0.3) is 0 Å². The third kappa shape index (κ3) is 2.09. The fraction of sp³-hybridized carbons (Fsp3) is 0.333. The Hall–Kier alpha value is -1.67. The summed E-state index contributed by atoms with van der Waals surface area (Å²) in [6.07, 6.45) is 3.85. The number of para-hydroxylation sites is 1. The molecule has 2 aromatic carbocycles. The van der Waals surface area contributed by atoms with Gasteiger partial charge in [0.25, 0.3) is 0 Å². The molecule has 1 saturated carbocycles. The first kappa shape index (κ1) is 13.0. The van der Waals surface area contributed by atoms with E-state index in [4.69, 9.17) is 17.3 Å². The predicted octanol–water partition coefficient (Wildman–Crippen LogP) is 4.97. The zero-order chi connectivity index (χ0) is 14.4. The van der Waals surface area contributed by atoms with Crippen molar-refractivity contribution in [3.63, 3.8) is 0 Å². The summed E-state index contributed by atoms with van der Waals surface area (Å²) >= 11 is 6.03. The van der Waals surface area contributed by atoms with Crippen LogP contribution >= 0.6 is 11.6 Å². The lowest BCUT2D eigenvalue weighted by molar-refractivity contribution is 0.406. The molecule has 2 nitrogen and oxygen atoms in total. The molecule has 0 bridgehead atoms. The molecule has 3 N–H and O–H groups in total. The van der Waals surface area contributed by atoms with E-state index in [-0.39, 0.29) is 0 Å². The van der Waals surface area contributed by atoms with Crippen LogP contribution in [0.5, 0.6) is 0 Å². The van der Waals surface area contributed by atoms with Crippen molar-refractivity contribution in [2.45, 2.75) is 31.2 Å². The van der Waals surface area contributed by atoms with Crippen LogP contribution in [-0.2, 0) is 0 Å². The highest BCUT2D eigenvalue weighted by Gasteiger charge is 2.40. The minimum Gasteiger partial charge on any atom is -0.397 e. The molecule has 0 saturated heterocycles. The summed E-state index contributed by atoms with van der Waals surface area (Å²) in [5, 5.41) is 4.49. The zero-order valence-corrected chi connectivity index (χ0v) is 12.6. The first-order chi connectivity index (χ1) is 10.2. The molecular formula is C18H19ClN2. The number of fused-ring (bicyclic) bond motifs is 3. The molecule has 0 unspecified atom stereocenters. The number of benzene rings is 2. The number of nitrogens with two attached hydrogens (primary N) is 1. The topological polar surface area (TPSA) is 38.0 Å².